The second-order valence-corrected chi connectivity index (χ2v) is 6.26. The van der Waals surface area contributed by atoms with Gasteiger partial charge in [-0.1, -0.05) is 71.9 Å². The van der Waals surface area contributed by atoms with Crippen LogP contribution in [0.4, 0.5) is 0 Å². The summed E-state index contributed by atoms with van der Waals surface area (Å²) >= 11 is 1.73. The van der Waals surface area contributed by atoms with Crippen molar-refractivity contribution in [3.63, 3.8) is 0 Å². The van der Waals surface area contributed by atoms with E-state index in [4.69, 9.17) is 5.10 Å². The van der Waals surface area contributed by atoms with E-state index in [1.807, 2.05) is 29.1 Å². The Balaban J connectivity index is 1.71. The van der Waals surface area contributed by atoms with Gasteiger partial charge in [-0.15, -0.1) is 0 Å². The molecule has 22 heavy (non-hydrogen) atoms. The normalized spacial score (nSPS) is 13.6. The Hall–Kier alpha value is -2.33. The molecule has 2 aromatic carbocycles. The summed E-state index contributed by atoms with van der Waals surface area (Å²) in [7, 11) is 0. The molecule has 0 saturated carbocycles. The fourth-order valence-electron chi connectivity index (χ4n) is 2.45. The number of imidazole rings is 1. The molecule has 0 amide bonds. The third-order valence-corrected chi connectivity index (χ3v) is 4.63. The van der Waals surface area contributed by atoms with Gasteiger partial charge in [-0.2, -0.15) is 5.10 Å². The fraction of sp³-hybridized carbons (Fsp3) is 0.111. The lowest BCUT2D eigenvalue weighted by Gasteiger charge is -2.12. The van der Waals surface area contributed by atoms with Crippen LogP contribution in [0, 0.1) is 6.92 Å². The molecule has 1 aliphatic rings. The fourth-order valence-corrected chi connectivity index (χ4v) is 3.33. The van der Waals surface area contributed by atoms with Crippen LogP contribution in [0.25, 0.3) is 11.3 Å². The first-order valence-corrected chi connectivity index (χ1v) is 8.21. The van der Waals surface area contributed by atoms with Gasteiger partial charge in [-0.3, -0.25) is 0 Å². The van der Waals surface area contributed by atoms with Crippen molar-refractivity contribution in [2.24, 2.45) is 5.10 Å². The predicted molar refractivity (Wildman–Crippen MR) is 91.5 cm³/mol. The summed E-state index contributed by atoms with van der Waals surface area (Å²) in [6.07, 6.45) is 2.00. The quantitative estimate of drug-likeness (QED) is 0.709. The number of fused-ring (bicyclic) bond motifs is 1. The van der Waals surface area contributed by atoms with E-state index < -0.39 is 0 Å². The van der Waals surface area contributed by atoms with Crippen LogP contribution in [-0.4, -0.2) is 21.1 Å². The van der Waals surface area contributed by atoms with Crippen LogP contribution in [0.15, 0.2) is 71.1 Å². The molecule has 1 aliphatic heterocycles. The summed E-state index contributed by atoms with van der Waals surface area (Å²) in [6.45, 7) is 2.10. The highest BCUT2D eigenvalue weighted by atomic mass is 32.2. The SMILES string of the molecule is Cc1ccc(C2=Nn3cc(-c4ccccc4)nc3SC2)cc1. The molecule has 0 spiro atoms. The molecule has 108 valence electrons. The molecular weight excluding hydrogens is 290 g/mol. The van der Waals surface area contributed by atoms with Crippen LogP contribution in [0.3, 0.4) is 0 Å². The van der Waals surface area contributed by atoms with Gasteiger partial charge in [0.25, 0.3) is 0 Å². The first kappa shape index (κ1) is 13.3. The Kier molecular flexibility index (Phi) is 3.31. The van der Waals surface area contributed by atoms with Crippen molar-refractivity contribution in [1.82, 2.24) is 9.66 Å². The minimum atomic E-state index is 0.855. The van der Waals surface area contributed by atoms with Gasteiger partial charge in [-0.05, 0) is 12.5 Å². The minimum Gasteiger partial charge on any atom is -0.221 e. The molecule has 0 N–H and O–H groups in total. The van der Waals surface area contributed by atoms with Crippen molar-refractivity contribution in [3.8, 4) is 11.3 Å². The van der Waals surface area contributed by atoms with Gasteiger partial charge in [-0.25, -0.2) is 9.66 Å². The summed E-state index contributed by atoms with van der Waals surface area (Å²) < 4.78 is 1.89. The van der Waals surface area contributed by atoms with Crippen molar-refractivity contribution in [3.05, 3.63) is 71.9 Å². The van der Waals surface area contributed by atoms with Gasteiger partial charge >= 0.3 is 0 Å². The minimum absolute atomic E-state index is 0.855. The number of hydrogen-bond acceptors (Lipinski definition) is 3. The van der Waals surface area contributed by atoms with Gasteiger partial charge in [0.15, 0.2) is 5.16 Å². The number of rotatable bonds is 2. The number of aryl methyl sites for hydroxylation is 1. The smallest absolute Gasteiger partial charge is 0.189 e. The number of benzene rings is 2. The molecule has 0 atom stereocenters. The van der Waals surface area contributed by atoms with E-state index in [0.29, 0.717) is 0 Å². The molecule has 2 heterocycles. The highest BCUT2D eigenvalue weighted by Crippen LogP contribution is 2.28. The lowest BCUT2D eigenvalue weighted by molar-refractivity contribution is 0.757. The Morgan fingerprint density at radius 1 is 0.955 bits per heavy atom. The molecule has 0 radical (unpaired) electrons. The van der Waals surface area contributed by atoms with Crippen LogP contribution >= 0.6 is 11.8 Å². The average Bonchev–Trinajstić information content (AvgIpc) is 2.99. The molecular formula is C18H15N3S. The van der Waals surface area contributed by atoms with Gasteiger partial charge in [0.1, 0.15) is 0 Å². The standard InChI is InChI=1S/C18H15N3S/c1-13-7-9-15(10-8-13)17-12-22-18-19-16(11-21(18)20-17)14-5-3-2-4-6-14/h2-11H,12H2,1H3. The van der Waals surface area contributed by atoms with Crippen LogP contribution in [0.1, 0.15) is 11.1 Å². The lowest BCUT2D eigenvalue weighted by atomic mass is 10.1. The maximum absolute atomic E-state index is 4.74. The van der Waals surface area contributed by atoms with Gasteiger partial charge in [0.2, 0.25) is 0 Å². The largest absolute Gasteiger partial charge is 0.221 e. The first-order chi connectivity index (χ1) is 10.8. The molecule has 4 heteroatoms. The Morgan fingerprint density at radius 2 is 1.73 bits per heavy atom. The van der Waals surface area contributed by atoms with E-state index in [9.17, 15) is 0 Å². The van der Waals surface area contributed by atoms with E-state index >= 15 is 0 Å². The van der Waals surface area contributed by atoms with Crippen molar-refractivity contribution >= 4 is 17.5 Å². The number of nitrogens with zero attached hydrogens (tertiary/aromatic N) is 3. The van der Waals surface area contributed by atoms with Crippen LogP contribution in [0.2, 0.25) is 0 Å². The summed E-state index contributed by atoms with van der Waals surface area (Å²) in [5.41, 5.74) is 5.63. The zero-order valence-electron chi connectivity index (χ0n) is 12.2. The number of hydrogen-bond donors (Lipinski definition) is 0. The molecule has 0 unspecified atom stereocenters. The molecule has 0 saturated heterocycles. The second-order valence-electron chi connectivity index (χ2n) is 5.32. The Bertz CT molecular complexity index is 833. The zero-order valence-corrected chi connectivity index (χ0v) is 13.0. The molecule has 0 fully saturated rings. The van der Waals surface area contributed by atoms with Gasteiger partial charge in [0.05, 0.1) is 17.6 Å². The summed E-state index contributed by atoms with van der Waals surface area (Å²) in [5.74, 6) is 0.855. The van der Waals surface area contributed by atoms with Crippen molar-refractivity contribution < 1.29 is 0 Å². The maximum atomic E-state index is 4.74. The maximum Gasteiger partial charge on any atom is 0.189 e. The average molecular weight is 305 g/mol. The highest BCUT2D eigenvalue weighted by molar-refractivity contribution is 7.99. The predicted octanol–water partition coefficient (Wildman–Crippen LogP) is 4.22. The van der Waals surface area contributed by atoms with E-state index in [0.717, 1.165) is 27.9 Å². The molecule has 4 rings (SSSR count). The van der Waals surface area contributed by atoms with E-state index in [-0.39, 0.29) is 0 Å². The Labute approximate surface area is 133 Å². The zero-order chi connectivity index (χ0) is 14.9. The Morgan fingerprint density at radius 3 is 2.50 bits per heavy atom. The van der Waals surface area contributed by atoms with Crippen LogP contribution < -0.4 is 0 Å². The highest BCUT2D eigenvalue weighted by Gasteiger charge is 2.17. The van der Waals surface area contributed by atoms with E-state index in [1.54, 1.807) is 11.8 Å². The van der Waals surface area contributed by atoms with Crippen LogP contribution in [0.5, 0.6) is 0 Å². The van der Waals surface area contributed by atoms with Crippen molar-refractivity contribution in [1.29, 1.82) is 0 Å². The third-order valence-electron chi connectivity index (χ3n) is 3.68. The molecule has 3 aromatic rings. The number of aromatic nitrogens is 2. The second kappa shape index (κ2) is 5.46. The molecule has 1 aromatic heterocycles. The monoisotopic (exact) mass is 305 g/mol. The lowest BCUT2D eigenvalue weighted by Crippen LogP contribution is -2.12. The first-order valence-electron chi connectivity index (χ1n) is 7.22. The van der Waals surface area contributed by atoms with Crippen molar-refractivity contribution in [2.75, 3.05) is 5.75 Å². The van der Waals surface area contributed by atoms with Gasteiger partial charge < -0.3 is 0 Å². The third kappa shape index (κ3) is 2.46. The van der Waals surface area contributed by atoms with E-state index in [1.165, 1.54) is 11.1 Å². The molecule has 3 nitrogen and oxygen atoms in total. The van der Waals surface area contributed by atoms with Crippen molar-refractivity contribution in [2.45, 2.75) is 12.1 Å². The van der Waals surface area contributed by atoms with E-state index in [2.05, 4.69) is 48.3 Å². The summed E-state index contributed by atoms with van der Waals surface area (Å²) in [4.78, 5) is 4.68. The summed E-state index contributed by atoms with van der Waals surface area (Å²) in [6, 6.07) is 18.7. The summed E-state index contributed by atoms with van der Waals surface area (Å²) in [5, 5.41) is 5.69. The van der Waals surface area contributed by atoms with Crippen LogP contribution in [-0.2, 0) is 0 Å². The molecule has 0 bridgehead atoms. The number of thioether (sulfide) groups is 1. The van der Waals surface area contributed by atoms with Gasteiger partial charge in [0, 0.05) is 11.3 Å². The molecule has 0 aliphatic carbocycles. The topological polar surface area (TPSA) is 30.2 Å².